The molecule has 2 unspecified atom stereocenters. The van der Waals surface area contributed by atoms with Crippen LogP contribution in [0.5, 0.6) is 5.75 Å². The summed E-state index contributed by atoms with van der Waals surface area (Å²) >= 11 is 19.0. The lowest BCUT2D eigenvalue weighted by molar-refractivity contribution is 0.175. The van der Waals surface area contributed by atoms with E-state index in [9.17, 15) is 9.90 Å². The Kier molecular flexibility index (Phi) is 6.61. The van der Waals surface area contributed by atoms with Gasteiger partial charge >= 0.3 is 6.09 Å². The quantitative estimate of drug-likeness (QED) is 0.407. The van der Waals surface area contributed by atoms with Crippen LogP contribution in [-0.4, -0.2) is 23.3 Å². The van der Waals surface area contributed by atoms with Gasteiger partial charge in [-0.05, 0) is 47.9 Å². The molecule has 0 radical (unpaired) electrons. The average Bonchev–Trinajstić information content (AvgIpc) is 3.11. The molecule has 2 atom stereocenters. The largest absolute Gasteiger partial charge is 0.489 e. The highest BCUT2D eigenvalue weighted by molar-refractivity contribution is 6.35. The minimum absolute atomic E-state index is 0.189. The first kappa shape index (κ1) is 21.8. The summed E-state index contributed by atoms with van der Waals surface area (Å²) < 4.78 is 6.30. The standard InChI is InChI=1S/C24H20Cl3NO3/c25-16-6-7-22(27)20(11-16)21-12-17(26)9-15-10-19(31-23(15)21)13-18(28-24(29)30)8-14-4-2-1-3-5-14/h1-7,9,11-12,18-19,28H,8,10,13H2,(H,29,30). The lowest BCUT2D eigenvalue weighted by Crippen LogP contribution is -2.39. The van der Waals surface area contributed by atoms with Crippen LogP contribution < -0.4 is 10.1 Å². The summed E-state index contributed by atoms with van der Waals surface area (Å²) in [6.45, 7) is 0. The van der Waals surface area contributed by atoms with Crippen LogP contribution in [0.25, 0.3) is 11.1 Å². The number of fused-ring (bicyclic) bond motifs is 1. The molecule has 0 aliphatic carbocycles. The van der Waals surface area contributed by atoms with Gasteiger partial charge in [0.05, 0.1) is 0 Å². The molecule has 7 heteroatoms. The molecular formula is C24H20Cl3NO3. The average molecular weight is 477 g/mol. The molecule has 3 aromatic carbocycles. The van der Waals surface area contributed by atoms with E-state index in [4.69, 9.17) is 39.5 Å². The zero-order valence-corrected chi connectivity index (χ0v) is 18.7. The molecular weight excluding hydrogens is 457 g/mol. The van der Waals surface area contributed by atoms with Crippen LogP contribution >= 0.6 is 34.8 Å². The van der Waals surface area contributed by atoms with Crippen molar-refractivity contribution in [2.75, 3.05) is 0 Å². The fraction of sp³-hybridized carbons (Fsp3) is 0.208. The third kappa shape index (κ3) is 5.27. The van der Waals surface area contributed by atoms with Crippen molar-refractivity contribution in [2.45, 2.75) is 31.4 Å². The second kappa shape index (κ2) is 9.39. The summed E-state index contributed by atoms with van der Waals surface area (Å²) in [6, 6.07) is 18.5. The summed E-state index contributed by atoms with van der Waals surface area (Å²) in [6.07, 6.45) is 0.498. The fourth-order valence-electron chi connectivity index (χ4n) is 4.01. The van der Waals surface area contributed by atoms with E-state index >= 15 is 0 Å². The highest BCUT2D eigenvalue weighted by Crippen LogP contribution is 2.44. The van der Waals surface area contributed by atoms with Gasteiger partial charge in [-0.1, -0.05) is 65.1 Å². The number of nitrogens with one attached hydrogen (secondary N) is 1. The van der Waals surface area contributed by atoms with Crippen LogP contribution in [0.15, 0.2) is 60.7 Å². The SMILES string of the molecule is O=C(O)NC(Cc1ccccc1)CC1Cc2cc(Cl)cc(-c3cc(Cl)ccc3Cl)c2O1. The first-order valence-electron chi connectivity index (χ1n) is 9.87. The molecule has 1 heterocycles. The third-order valence-electron chi connectivity index (χ3n) is 5.28. The molecule has 1 amide bonds. The molecule has 1 aliphatic heterocycles. The van der Waals surface area contributed by atoms with Crippen LogP contribution in [0.1, 0.15) is 17.5 Å². The van der Waals surface area contributed by atoms with Crippen molar-refractivity contribution in [3.05, 3.63) is 86.9 Å². The van der Waals surface area contributed by atoms with Crippen molar-refractivity contribution in [3.8, 4) is 16.9 Å². The van der Waals surface area contributed by atoms with Crippen molar-refractivity contribution in [3.63, 3.8) is 0 Å². The number of halogens is 3. The van der Waals surface area contributed by atoms with Crippen molar-refractivity contribution < 1.29 is 14.6 Å². The van der Waals surface area contributed by atoms with E-state index in [2.05, 4.69) is 5.32 Å². The van der Waals surface area contributed by atoms with E-state index in [0.717, 1.165) is 22.3 Å². The van der Waals surface area contributed by atoms with E-state index in [1.54, 1.807) is 18.2 Å². The Labute approximate surface area is 195 Å². The second-order valence-corrected chi connectivity index (χ2v) is 8.86. The van der Waals surface area contributed by atoms with Crippen LogP contribution in [0.4, 0.5) is 4.79 Å². The highest BCUT2D eigenvalue weighted by atomic mass is 35.5. The maximum Gasteiger partial charge on any atom is 0.404 e. The Morgan fingerprint density at radius 2 is 1.77 bits per heavy atom. The Morgan fingerprint density at radius 3 is 2.52 bits per heavy atom. The van der Waals surface area contributed by atoms with Gasteiger partial charge in [-0.3, -0.25) is 0 Å². The predicted molar refractivity (Wildman–Crippen MR) is 125 cm³/mol. The Bertz CT molecular complexity index is 1100. The molecule has 0 saturated heterocycles. The number of rotatable bonds is 6. The summed E-state index contributed by atoms with van der Waals surface area (Å²) in [5, 5.41) is 13.6. The van der Waals surface area contributed by atoms with Crippen molar-refractivity contribution in [1.29, 1.82) is 0 Å². The fourth-order valence-corrected chi connectivity index (χ4v) is 4.65. The van der Waals surface area contributed by atoms with Crippen LogP contribution in [-0.2, 0) is 12.8 Å². The summed E-state index contributed by atoms with van der Waals surface area (Å²) in [5.41, 5.74) is 3.56. The smallest absolute Gasteiger partial charge is 0.404 e. The van der Waals surface area contributed by atoms with Gasteiger partial charge < -0.3 is 15.2 Å². The molecule has 0 fully saturated rings. The number of amides is 1. The molecule has 2 N–H and O–H groups in total. The van der Waals surface area contributed by atoms with Gasteiger partial charge in [-0.2, -0.15) is 0 Å². The first-order chi connectivity index (χ1) is 14.9. The molecule has 31 heavy (non-hydrogen) atoms. The zero-order chi connectivity index (χ0) is 22.0. The molecule has 3 aromatic rings. The Balaban J connectivity index is 1.58. The maximum absolute atomic E-state index is 11.3. The molecule has 0 aromatic heterocycles. The van der Waals surface area contributed by atoms with Gasteiger partial charge in [0.2, 0.25) is 0 Å². The van der Waals surface area contributed by atoms with E-state index < -0.39 is 6.09 Å². The predicted octanol–water partition coefficient (Wildman–Crippen LogP) is 6.89. The number of carbonyl (C=O) groups is 1. The van der Waals surface area contributed by atoms with Crippen LogP contribution in [0, 0.1) is 0 Å². The Hall–Kier alpha value is -2.40. The first-order valence-corrected chi connectivity index (χ1v) is 11.0. The maximum atomic E-state index is 11.3. The minimum Gasteiger partial charge on any atom is -0.489 e. The number of hydrogen-bond donors (Lipinski definition) is 2. The van der Waals surface area contributed by atoms with Crippen molar-refractivity contribution in [1.82, 2.24) is 5.32 Å². The van der Waals surface area contributed by atoms with Crippen LogP contribution in [0.2, 0.25) is 15.1 Å². The van der Waals surface area contributed by atoms with E-state index in [1.807, 2.05) is 42.5 Å². The zero-order valence-electron chi connectivity index (χ0n) is 16.4. The van der Waals surface area contributed by atoms with E-state index in [1.165, 1.54) is 0 Å². The van der Waals surface area contributed by atoms with E-state index in [-0.39, 0.29) is 12.1 Å². The lowest BCUT2D eigenvalue weighted by Gasteiger charge is -2.21. The molecule has 4 rings (SSSR count). The number of ether oxygens (including phenoxy) is 1. The number of carboxylic acid groups (broad SMARTS) is 1. The topological polar surface area (TPSA) is 58.6 Å². The lowest BCUT2D eigenvalue weighted by atomic mass is 9.97. The van der Waals surface area contributed by atoms with Gasteiger partial charge in [-0.15, -0.1) is 0 Å². The van der Waals surface area contributed by atoms with Gasteiger partial charge in [0, 0.05) is 45.1 Å². The highest BCUT2D eigenvalue weighted by Gasteiger charge is 2.30. The molecule has 1 aliphatic rings. The monoisotopic (exact) mass is 475 g/mol. The molecule has 4 nitrogen and oxygen atoms in total. The van der Waals surface area contributed by atoms with Crippen molar-refractivity contribution in [2.24, 2.45) is 0 Å². The van der Waals surface area contributed by atoms with E-state index in [0.29, 0.717) is 40.1 Å². The van der Waals surface area contributed by atoms with Gasteiger partial charge in [0.25, 0.3) is 0 Å². The normalized spacial score (nSPS) is 15.8. The third-order valence-corrected chi connectivity index (χ3v) is 6.06. The summed E-state index contributed by atoms with van der Waals surface area (Å²) in [5.74, 6) is 0.715. The summed E-state index contributed by atoms with van der Waals surface area (Å²) in [7, 11) is 0. The van der Waals surface area contributed by atoms with Crippen LogP contribution in [0.3, 0.4) is 0 Å². The summed E-state index contributed by atoms with van der Waals surface area (Å²) in [4.78, 5) is 11.3. The number of benzene rings is 3. The molecule has 0 saturated carbocycles. The second-order valence-electron chi connectivity index (χ2n) is 7.58. The van der Waals surface area contributed by atoms with Crippen molar-refractivity contribution >= 4 is 40.9 Å². The Morgan fingerprint density at radius 1 is 1.03 bits per heavy atom. The number of hydrogen-bond acceptors (Lipinski definition) is 2. The molecule has 0 bridgehead atoms. The molecule has 0 spiro atoms. The molecule has 160 valence electrons. The van der Waals surface area contributed by atoms with Gasteiger partial charge in [0.1, 0.15) is 11.9 Å². The van der Waals surface area contributed by atoms with Gasteiger partial charge in [0.15, 0.2) is 0 Å². The minimum atomic E-state index is -1.05. The van der Waals surface area contributed by atoms with Gasteiger partial charge in [-0.25, -0.2) is 4.79 Å².